The number of carboxylic acid groups (broad SMARTS) is 1. The molecule has 1 aliphatic heterocycles. The van der Waals surface area contributed by atoms with Crippen LogP contribution in [0.2, 0.25) is 0 Å². The van der Waals surface area contributed by atoms with Crippen molar-refractivity contribution in [2.75, 3.05) is 26.2 Å². The molecule has 2 N–H and O–H groups in total. The summed E-state index contributed by atoms with van der Waals surface area (Å²) in [5, 5.41) is 11.4. The Hall–Kier alpha value is -1.79. The van der Waals surface area contributed by atoms with Crippen molar-refractivity contribution in [3.63, 3.8) is 0 Å². The number of hydrogen-bond acceptors (Lipinski definition) is 3. The van der Waals surface area contributed by atoms with Gasteiger partial charge in [0.2, 0.25) is 5.91 Å². The fourth-order valence-corrected chi connectivity index (χ4v) is 1.98. The summed E-state index contributed by atoms with van der Waals surface area (Å²) in [5.74, 6) is -1.12. The summed E-state index contributed by atoms with van der Waals surface area (Å²) in [7, 11) is 0. The van der Waals surface area contributed by atoms with Crippen LogP contribution in [-0.2, 0) is 9.59 Å². The molecule has 0 aliphatic carbocycles. The number of nitrogens with one attached hydrogen (secondary N) is 1. The summed E-state index contributed by atoms with van der Waals surface area (Å²) in [6, 6.07) is -0.661. The van der Waals surface area contributed by atoms with Crippen LogP contribution >= 0.6 is 0 Å². The van der Waals surface area contributed by atoms with Gasteiger partial charge in [0.25, 0.3) is 0 Å². The zero-order valence-electron chi connectivity index (χ0n) is 10.7. The van der Waals surface area contributed by atoms with E-state index >= 15 is 0 Å². The van der Waals surface area contributed by atoms with E-state index in [9.17, 15) is 14.4 Å². The zero-order valence-corrected chi connectivity index (χ0v) is 10.7. The Morgan fingerprint density at radius 2 is 2.22 bits per heavy atom. The van der Waals surface area contributed by atoms with E-state index < -0.39 is 5.97 Å². The van der Waals surface area contributed by atoms with Gasteiger partial charge in [0, 0.05) is 25.7 Å². The van der Waals surface area contributed by atoms with Crippen LogP contribution in [0.3, 0.4) is 0 Å². The Morgan fingerprint density at radius 3 is 2.72 bits per heavy atom. The first kappa shape index (κ1) is 14.3. The molecule has 0 saturated carbocycles. The number of nitrogens with zero attached hydrogens (tertiary/aromatic N) is 2. The maximum atomic E-state index is 12.2. The summed E-state index contributed by atoms with van der Waals surface area (Å²) in [4.78, 5) is 37.0. The molecule has 18 heavy (non-hydrogen) atoms. The largest absolute Gasteiger partial charge is 0.481 e. The molecule has 3 amide bonds. The number of carbonyl (C=O) groups is 3. The van der Waals surface area contributed by atoms with E-state index in [4.69, 9.17) is 5.11 Å². The second-order valence-electron chi connectivity index (χ2n) is 4.29. The maximum absolute atomic E-state index is 12.2. The number of carbonyl (C=O) groups excluding carboxylic acids is 2. The quantitative estimate of drug-likeness (QED) is 0.725. The van der Waals surface area contributed by atoms with Crippen molar-refractivity contribution in [1.29, 1.82) is 0 Å². The molecule has 0 aromatic heterocycles. The Bertz CT molecular complexity index is 345. The molecule has 0 aromatic rings. The number of hydrogen-bond donors (Lipinski definition) is 2. The first-order valence-electron chi connectivity index (χ1n) is 5.99. The van der Waals surface area contributed by atoms with E-state index in [2.05, 4.69) is 5.32 Å². The van der Waals surface area contributed by atoms with Gasteiger partial charge in [0.1, 0.15) is 6.54 Å². The van der Waals surface area contributed by atoms with Crippen molar-refractivity contribution < 1.29 is 19.5 Å². The first-order valence-corrected chi connectivity index (χ1v) is 5.99. The van der Waals surface area contributed by atoms with E-state index in [1.807, 2.05) is 0 Å². The van der Waals surface area contributed by atoms with Crippen LogP contribution in [0, 0.1) is 0 Å². The Morgan fingerprint density at radius 1 is 1.56 bits per heavy atom. The normalized spacial score (nSPS) is 17.0. The molecule has 1 atom stereocenters. The smallest absolute Gasteiger partial charge is 0.320 e. The van der Waals surface area contributed by atoms with Crippen LogP contribution in [0.15, 0.2) is 0 Å². The van der Waals surface area contributed by atoms with Crippen LogP contribution in [-0.4, -0.2) is 65.0 Å². The van der Waals surface area contributed by atoms with Crippen molar-refractivity contribution in [3.8, 4) is 0 Å². The van der Waals surface area contributed by atoms with Gasteiger partial charge in [-0.1, -0.05) is 0 Å². The predicted molar refractivity (Wildman–Crippen MR) is 64.1 cm³/mol. The fourth-order valence-electron chi connectivity index (χ4n) is 1.98. The number of aliphatic carboxylic acids is 1. The van der Waals surface area contributed by atoms with Crippen molar-refractivity contribution in [1.82, 2.24) is 15.1 Å². The number of carboxylic acids is 1. The molecule has 0 aromatic carbocycles. The maximum Gasteiger partial charge on any atom is 0.320 e. The molecule has 7 heteroatoms. The van der Waals surface area contributed by atoms with Crippen LogP contribution in [0.1, 0.15) is 20.3 Å². The third-order valence-corrected chi connectivity index (χ3v) is 2.90. The molecule has 0 spiro atoms. The van der Waals surface area contributed by atoms with E-state index in [1.165, 1.54) is 9.80 Å². The second-order valence-corrected chi connectivity index (χ2v) is 4.29. The monoisotopic (exact) mass is 257 g/mol. The third-order valence-electron chi connectivity index (χ3n) is 2.90. The second kappa shape index (κ2) is 6.23. The summed E-state index contributed by atoms with van der Waals surface area (Å²) in [6.07, 6.45) is -0.0976. The highest BCUT2D eigenvalue weighted by Crippen LogP contribution is 2.09. The molecule has 1 fully saturated rings. The minimum atomic E-state index is -0.940. The van der Waals surface area contributed by atoms with Crippen molar-refractivity contribution in [3.05, 3.63) is 0 Å². The van der Waals surface area contributed by atoms with Gasteiger partial charge < -0.3 is 20.2 Å². The van der Waals surface area contributed by atoms with Gasteiger partial charge in [-0.05, 0) is 13.8 Å². The van der Waals surface area contributed by atoms with Gasteiger partial charge in [-0.2, -0.15) is 0 Å². The lowest BCUT2D eigenvalue weighted by Crippen LogP contribution is -2.55. The fraction of sp³-hybridized carbons (Fsp3) is 0.727. The van der Waals surface area contributed by atoms with E-state index in [1.54, 1.807) is 13.8 Å². The molecule has 1 aliphatic rings. The number of urea groups is 1. The Labute approximate surface area is 106 Å². The molecule has 0 radical (unpaired) electrons. The molecular formula is C11H19N3O4. The molecule has 1 rings (SSSR count). The predicted octanol–water partition coefficient (Wildman–Crippen LogP) is -0.277. The van der Waals surface area contributed by atoms with Gasteiger partial charge in [-0.25, -0.2) is 4.79 Å². The molecule has 7 nitrogen and oxygen atoms in total. The highest BCUT2D eigenvalue weighted by Gasteiger charge is 2.28. The van der Waals surface area contributed by atoms with Gasteiger partial charge >= 0.3 is 12.0 Å². The van der Waals surface area contributed by atoms with Crippen LogP contribution in [0.4, 0.5) is 4.79 Å². The average Bonchev–Trinajstić information content (AvgIpc) is 2.28. The third kappa shape index (κ3) is 3.61. The lowest BCUT2D eigenvalue weighted by Gasteiger charge is -2.35. The highest BCUT2D eigenvalue weighted by molar-refractivity contribution is 5.85. The molecule has 1 saturated heterocycles. The van der Waals surface area contributed by atoms with Crippen LogP contribution in [0.25, 0.3) is 0 Å². The Kier molecular flexibility index (Phi) is 4.94. The SMILES string of the molecule is CCN(C(=O)N1CCNC(=O)C1)C(C)CC(=O)O. The van der Waals surface area contributed by atoms with Gasteiger partial charge in [-0.15, -0.1) is 0 Å². The molecular weight excluding hydrogens is 238 g/mol. The topological polar surface area (TPSA) is 90.0 Å². The van der Waals surface area contributed by atoms with Crippen molar-refractivity contribution in [2.45, 2.75) is 26.3 Å². The first-order chi connectivity index (χ1) is 8.45. The zero-order chi connectivity index (χ0) is 13.7. The highest BCUT2D eigenvalue weighted by atomic mass is 16.4. The minimum absolute atomic E-state index is 0.0368. The van der Waals surface area contributed by atoms with E-state index in [-0.39, 0.29) is 30.9 Å². The van der Waals surface area contributed by atoms with Crippen LogP contribution in [0.5, 0.6) is 0 Å². The summed E-state index contributed by atoms with van der Waals surface area (Å²) < 4.78 is 0. The van der Waals surface area contributed by atoms with Crippen LogP contribution < -0.4 is 5.32 Å². The summed E-state index contributed by atoms with van der Waals surface area (Å²) in [6.45, 7) is 4.84. The summed E-state index contributed by atoms with van der Waals surface area (Å²) in [5.41, 5.74) is 0. The Balaban J connectivity index is 2.66. The number of amides is 3. The summed E-state index contributed by atoms with van der Waals surface area (Å²) >= 11 is 0. The molecule has 1 unspecified atom stereocenters. The van der Waals surface area contributed by atoms with E-state index in [0.717, 1.165) is 0 Å². The molecule has 102 valence electrons. The van der Waals surface area contributed by atoms with E-state index in [0.29, 0.717) is 19.6 Å². The lowest BCUT2D eigenvalue weighted by molar-refractivity contribution is -0.138. The standard InChI is InChI=1S/C11H19N3O4/c1-3-14(8(2)6-10(16)17)11(18)13-5-4-12-9(15)7-13/h8H,3-7H2,1-2H3,(H,12,15)(H,16,17). The number of piperazine rings is 1. The molecule has 0 bridgehead atoms. The van der Waals surface area contributed by atoms with Gasteiger partial charge in [0.15, 0.2) is 0 Å². The van der Waals surface area contributed by atoms with Crippen molar-refractivity contribution in [2.24, 2.45) is 0 Å². The van der Waals surface area contributed by atoms with Gasteiger partial charge in [0.05, 0.1) is 6.42 Å². The lowest BCUT2D eigenvalue weighted by atomic mass is 10.2. The number of rotatable bonds is 4. The minimum Gasteiger partial charge on any atom is -0.481 e. The van der Waals surface area contributed by atoms with Crippen molar-refractivity contribution >= 4 is 17.9 Å². The van der Waals surface area contributed by atoms with Gasteiger partial charge in [-0.3, -0.25) is 9.59 Å². The average molecular weight is 257 g/mol. The molecule has 1 heterocycles.